The van der Waals surface area contributed by atoms with Crippen LogP contribution in [-0.2, 0) is 14.0 Å². The topological polar surface area (TPSA) is 43.4 Å². The number of fused-ring (bicyclic) bond motifs is 1. The minimum atomic E-state index is -3.68. The first-order valence-corrected chi connectivity index (χ1v) is 10.5. The summed E-state index contributed by atoms with van der Waals surface area (Å²) < 4.78 is 29.9. The average molecular weight is 280 g/mol. The zero-order chi connectivity index (χ0) is 13.4. The van der Waals surface area contributed by atoms with Gasteiger partial charge in [0.1, 0.15) is 4.90 Å². The summed E-state index contributed by atoms with van der Waals surface area (Å²) in [5.41, 5.74) is 0. The molecule has 0 aliphatic heterocycles. The van der Waals surface area contributed by atoms with Gasteiger partial charge >= 0.3 is 0 Å². The summed E-state index contributed by atoms with van der Waals surface area (Å²) in [6.07, 6.45) is 0. The van der Waals surface area contributed by atoms with Gasteiger partial charge in [-0.25, -0.2) is 0 Å². The average Bonchev–Trinajstić information content (AvgIpc) is 2.25. The maximum Gasteiger partial charge on any atom is 0.288 e. The smallest absolute Gasteiger partial charge is 0.288 e. The molecule has 0 bridgehead atoms. The van der Waals surface area contributed by atoms with Gasteiger partial charge in [-0.2, -0.15) is 8.42 Å². The van der Waals surface area contributed by atoms with Gasteiger partial charge in [0, 0.05) is 5.39 Å². The van der Waals surface area contributed by atoms with Crippen molar-refractivity contribution in [1.82, 2.24) is 0 Å². The van der Waals surface area contributed by atoms with Crippen molar-refractivity contribution in [2.24, 2.45) is 0 Å². The van der Waals surface area contributed by atoms with Crippen molar-refractivity contribution < 1.29 is 12.3 Å². The van der Waals surface area contributed by atoms with Gasteiger partial charge in [-0.15, -0.1) is 0 Å². The molecule has 0 aliphatic rings. The van der Waals surface area contributed by atoms with Crippen LogP contribution in [0.15, 0.2) is 47.4 Å². The molecule has 0 fully saturated rings. The summed E-state index contributed by atoms with van der Waals surface area (Å²) in [4.78, 5) is 0.253. The molecule has 0 amide bonds. The Labute approximate surface area is 109 Å². The predicted molar refractivity (Wildman–Crippen MR) is 75.6 cm³/mol. The zero-order valence-corrected chi connectivity index (χ0v) is 12.5. The molecule has 2 aromatic rings. The maximum atomic E-state index is 12.3. The van der Waals surface area contributed by atoms with E-state index in [1.54, 1.807) is 18.2 Å². The first-order chi connectivity index (χ1) is 8.30. The second kappa shape index (κ2) is 4.49. The van der Waals surface area contributed by atoms with Gasteiger partial charge in [0.15, 0.2) is 0 Å². The largest absolute Gasteiger partial charge is 0.312 e. The lowest BCUT2D eigenvalue weighted by Crippen LogP contribution is -2.29. The molecule has 0 aliphatic carbocycles. The molecular formula is C13H16O3SSi. The Hall–Kier alpha value is -1.17. The Bertz CT molecular complexity index is 667. The SMILES string of the molecule is C[Si](C)(C)OS(=O)(=O)c1cccc2ccccc12. The molecule has 0 heterocycles. The van der Waals surface area contributed by atoms with Crippen molar-refractivity contribution in [3.8, 4) is 0 Å². The van der Waals surface area contributed by atoms with Crippen molar-refractivity contribution in [3.05, 3.63) is 42.5 Å². The molecule has 2 rings (SSSR count). The quantitative estimate of drug-likeness (QED) is 0.810. The van der Waals surface area contributed by atoms with Gasteiger partial charge in [0.2, 0.25) is 8.32 Å². The molecule has 2 aromatic carbocycles. The van der Waals surface area contributed by atoms with Crippen LogP contribution in [0.2, 0.25) is 19.6 Å². The zero-order valence-electron chi connectivity index (χ0n) is 10.7. The third-order valence-corrected chi connectivity index (χ3v) is 6.15. The van der Waals surface area contributed by atoms with Gasteiger partial charge in [0.25, 0.3) is 10.1 Å². The van der Waals surface area contributed by atoms with E-state index in [0.717, 1.165) is 5.39 Å². The van der Waals surface area contributed by atoms with Crippen molar-refractivity contribution in [2.75, 3.05) is 0 Å². The van der Waals surface area contributed by atoms with E-state index in [9.17, 15) is 8.42 Å². The molecule has 0 saturated heterocycles. The van der Waals surface area contributed by atoms with E-state index in [1.807, 2.05) is 43.9 Å². The fraction of sp³-hybridized carbons (Fsp3) is 0.231. The van der Waals surface area contributed by atoms with Gasteiger partial charge in [-0.1, -0.05) is 36.4 Å². The molecule has 0 saturated carbocycles. The van der Waals surface area contributed by atoms with Gasteiger partial charge < -0.3 is 3.87 Å². The van der Waals surface area contributed by atoms with E-state index < -0.39 is 18.4 Å². The third-order valence-electron chi connectivity index (χ3n) is 2.38. The summed E-state index contributed by atoms with van der Waals surface area (Å²) in [5.74, 6) is 0. The number of rotatable bonds is 3. The van der Waals surface area contributed by atoms with Gasteiger partial charge in [-0.05, 0) is 31.1 Å². The summed E-state index contributed by atoms with van der Waals surface area (Å²) in [6, 6.07) is 12.6. The van der Waals surface area contributed by atoms with Crippen LogP contribution < -0.4 is 0 Å². The minimum Gasteiger partial charge on any atom is -0.312 e. The van der Waals surface area contributed by atoms with E-state index in [2.05, 4.69) is 0 Å². The van der Waals surface area contributed by atoms with E-state index in [0.29, 0.717) is 5.39 Å². The molecular weight excluding hydrogens is 264 g/mol. The second-order valence-corrected chi connectivity index (χ2v) is 11.4. The highest BCUT2D eigenvalue weighted by atomic mass is 32.2. The Morgan fingerprint density at radius 2 is 1.56 bits per heavy atom. The van der Waals surface area contributed by atoms with Crippen LogP contribution in [-0.4, -0.2) is 16.7 Å². The van der Waals surface area contributed by atoms with Crippen LogP contribution in [0.25, 0.3) is 10.8 Å². The highest BCUT2D eigenvalue weighted by Crippen LogP contribution is 2.26. The van der Waals surface area contributed by atoms with Crippen molar-refractivity contribution in [1.29, 1.82) is 0 Å². The minimum absolute atomic E-state index is 0.253. The summed E-state index contributed by atoms with van der Waals surface area (Å²) >= 11 is 0. The number of hydrogen-bond donors (Lipinski definition) is 0. The molecule has 3 nitrogen and oxygen atoms in total. The first kappa shape index (κ1) is 13.3. The van der Waals surface area contributed by atoms with E-state index in [1.165, 1.54) is 0 Å². The van der Waals surface area contributed by atoms with Crippen LogP contribution in [0.3, 0.4) is 0 Å². The molecule has 5 heteroatoms. The number of hydrogen-bond acceptors (Lipinski definition) is 3. The van der Waals surface area contributed by atoms with Crippen LogP contribution >= 0.6 is 0 Å². The highest BCUT2D eigenvalue weighted by Gasteiger charge is 2.27. The van der Waals surface area contributed by atoms with Crippen LogP contribution in [0.4, 0.5) is 0 Å². The van der Waals surface area contributed by atoms with Crippen LogP contribution in [0.5, 0.6) is 0 Å². The van der Waals surface area contributed by atoms with Crippen LogP contribution in [0, 0.1) is 0 Å². The van der Waals surface area contributed by atoms with Crippen molar-refractivity contribution >= 4 is 29.2 Å². The molecule has 96 valence electrons. The highest BCUT2D eigenvalue weighted by molar-refractivity contribution is 7.88. The first-order valence-electron chi connectivity index (χ1n) is 5.73. The lowest BCUT2D eigenvalue weighted by Gasteiger charge is -2.17. The van der Waals surface area contributed by atoms with E-state index in [4.69, 9.17) is 3.87 Å². The summed E-state index contributed by atoms with van der Waals surface area (Å²) in [5, 5.41) is 1.61. The fourth-order valence-electron chi connectivity index (χ4n) is 1.79. The molecule has 0 N–H and O–H groups in total. The normalized spacial score (nSPS) is 12.8. The maximum absolute atomic E-state index is 12.3. The predicted octanol–water partition coefficient (Wildman–Crippen LogP) is 3.38. The molecule has 0 aromatic heterocycles. The van der Waals surface area contributed by atoms with E-state index >= 15 is 0 Å². The lowest BCUT2D eigenvalue weighted by molar-refractivity contribution is 0.486. The molecule has 0 unspecified atom stereocenters. The molecule has 0 radical (unpaired) electrons. The van der Waals surface area contributed by atoms with Crippen molar-refractivity contribution in [2.45, 2.75) is 24.5 Å². The Morgan fingerprint density at radius 3 is 2.22 bits per heavy atom. The van der Waals surface area contributed by atoms with E-state index in [-0.39, 0.29) is 4.90 Å². The molecule has 0 atom stereocenters. The third kappa shape index (κ3) is 2.80. The number of benzene rings is 2. The monoisotopic (exact) mass is 280 g/mol. The Kier molecular flexibility index (Phi) is 3.31. The van der Waals surface area contributed by atoms with Gasteiger partial charge in [0.05, 0.1) is 0 Å². The summed E-state index contributed by atoms with van der Waals surface area (Å²) in [7, 11) is -5.83. The van der Waals surface area contributed by atoms with Crippen LogP contribution in [0.1, 0.15) is 0 Å². The summed E-state index contributed by atoms with van der Waals surface area (Å²) in [6.45, 7) is 5.57. The van der Waals surface area contributed by atoms with Crippen molar-refractivity contribution in [3.63, 3.8) is 0 Å². The van der Waals surface area contributed by atoms with Gasteiger partial charge in [-0.3, -0.25) is 0 Å². The molecule has 0 spiro atoms. The Balaban J connectivity index is 2.61. The molecule has 18 heavy (non-hydrogen) atoms. The lowest BCUT2D eigenvalue weighted by atomic mass is 10.1. The second-order valence-electron chi connectivity index (χ2n) is 5.13. The fourth-order valence-corrected chi connectivity index (χ4v) is 5.48. The Morgan fingerprint density at radius 1 is 0.944 bits per heavy atom. The standard InChI is InChI=1S/C13H16O3SSi/c1-18(2,3)16-17(14,15)13-10-6-8-11-7-4-5-9-12(11)13/h4-10H,1-3H3.